The lowest BCUT2D eigenvalue weighted by molar-refractivity contribution is -0.147. The van der Waals surface area contributed by atoms with Crippen molar-refractivity contribution in [3.63, 3.8) is 0 Å². The Morgan fingerprint density at radius 3 is 2.65 bits per heavy atom. The molecule has 0 spiro atoms. The maximum atomic E-state index is 12.6. The number of morpholine rings is 1. The van der Waals surface area contributed by atoms with Crippen LogP contribution in [0.1, 0.15) is 10.4 Å². The Morgan fingerprint density at radius 2 is 2.00 bits per heavy atom. The van der Waals surface area contributed by atoms with Crippen molar-refractivity contribution in [3.8, 4) is 0 Å². The zero-order chi connectivity index (χ0) is 14.9. The molecule has 5 nitrogen and oxygen atoms in total. The number of hydrogen-bond acceptors (Lipinski definition) is 3. The minimum atomic E-state index is -1.03. The van der Waals surface area contributed by atoms with Gasteiger partial charge in [-0.3, -0.25) is 4.79 Å². The van der Waals surface area contributed by atoms with E-state index in [1.54, 1.807) is 6.07 Å². The fourth-order valence-corrected chi connectivity index (χ4v) is 4.30. The Hall–Kier alpha value is 0.310. The summed E-state index contributed by atoms with van der Waals surface area (Å²) in [6, 6.07) is 2.86. The van der Waals surface area contributed by atoms with Crippen LogP contribution in [-0.2, 0) is 9.53 Å². The first kappa shape index (κ1) is 16.7. The number of carbonyl (C=O) groups is 2. The van der Waals surface area contributed by atoms with Crippen LogP contribution in [0.25, 0.3) is 0 Å². The summed E-state index contributed by atoms with van der Waals surface area (Å²) in [5.74, 6) is -1.28. The number of hydrogen-bond donors (Lipinski definition) is 1. The summed E-state index contributed by atoms with van der Waals surface area (Å²) in [4.78, 5) is 25.3. The first-order valence-electron chi connectivity index (χ1n) is 5.68. The van der Waals surface area contributed by atoms with E-state index in [0.29, 0.717) is 18.7 Å². The third-order valence-electron chi connectivity index (χ3n) is 2.90. The van der Waals surface area contributed by atoms with Gasteiger partial charge in [0, 0.05) is 17.3 Å². The van der Waals surface area contributed by atoms with Gasteiger partial charge in [0.2, 0.25) is 0 Å². The summed E-state index contributed by atoms with van der Waals surface area (Å²) in [6.45, 7) is 0.708. The van der Waals surface area contributed by atoms with Crippen molar-refractivity contribution in [2.75, 3.05) is 19.8 Å². The van der Waals surface area contributed by atoms with Crippen LogP contribution in [0.15, 0.2) is 12.1 Å². The molecule has 0 aliphatic carbocycles. The number of carboxylic acid groups (broad SMARTS) is 1. The lowest BCUT2D eigenvalue weighted by atomic mass is 10.1. The average Bonchev–Trinajstić information content (AvgIpc) is 2.42. The van der Waals surface area contributed by atoms with Gasteiger partial charge >= 0.3 is 5.97 Å². The summed E-state index contributed by atoms with van der Waals surface area (Å²) in [5, 5.41) is 9.20. The molecule has 1 heterocycles. The van der Waals surface area contributed by atoms with Crippen molar-refractivity contribution in [1.82, 2.24) is 4.90 Å². The Morgan fingerprint density at radius 1 is 1.30 bits per heavy atom. The zero-order valence-electron chi connectivity index (χ0n) is 10.1. The standard InChI is InChI=1S/C12H10I3NO4/c13-6-3-7(10(15)8(14)4-6)11(17)16-1-2-20-5-9(16)12(18)19/h3-4,9H,1-2,5H2,(H,18,19). The number of amides is 1. The number of nitrogens with zero attached hydrogens (tertiary/aromatic N) is 1. The minimum Gasteiger partial charge on any atom is -0.480 e. The van der Waals surface area contributed by atoms with Gasteiger partial charge in [-0.15, -0.1) is 0 Å². The quantitative estimate of drug-likeness (QED) is 0.412. The smallest absolute Gasteiger partial charge is 0.328 e. The number of carbonyl (C=O) groups excluding carboxylic acids is 1. The van der Waals surface area contributed by atoms with Crippen molar-refractivity contribution >= 4 is 79.6 Å². The molecular formula is C12H10I3NO4. The molecule has 1 amide bonds. The molecule has 1 atom stereocenters. The van der Waals surface area contributed by atoms with Crippen LogP contribution < -0.4 is 0 Å². The van der Waals surface area contributed by atoms with Gasteiger partial charge < -0.3 is 14.7 Å². The van der Waals surface area contributed by atoms with Crippen molar-refractivity contribution < 1.29 is 19.4 Å². The number of aliphatic carboxylic acids is 1. The molecule has 1 aliphatic rings. The van der Waals surface area contributed by atoms with Crippen LogP contribution in [0.3, 0.4) is 0 Å². The topological polar surface area (TPSA) is 66.8 Å². The number of halogens is 3. The lowest BCUT2D eigenvalue weighted by Gasteiger charge is -2.33. The normalized spacial score (nSPS) is 18.9. The molecule has 0 radical (unpaired) electrons. The number of benzene rings is 1. The van der Waals surface area contributed by atoms with Crippen molar-refractivity contribution in [1.29, 1.82) is 0 Å². The molecule has 1 saturated heterocycles. The van der Waals surface area contributed by atoms with Crippen LogP contribution in [0.4, 0.5) is 0 Å². The maximum Gasteiger partial charge on any atom is 0.328 e. The molecular weight excluding hydrogens is 603 g/mol. The van der Waals surface area contributed by atoms with E-state index in [4.69, 9.17) is 4.74 Å². The third-order valence-corrected chi connectivity index (χ3v) is 6.57. The van der Waals surface area contributed by atoms with Gasteiger partial charge in [-0.1, -0.05) is 0 Å². The zero-order valence-corrected chi connectivity index (χ0v) is 16.6. The summed E-state index contributed by atoms with van der Waals surface area (Å²) >= 11 is 6.45. The van der Waals surface area contributed by atoms with Gasteiger partial charge in [0.25, 0.3) is 5.91 Å². The summed E-state index contributed by atoms with van der Waals surface area (Å²) < 4.78 is 7.95. The van der Waals surface area contributed by atoms with Gasteiger partial charge in [-0.2, -0.15) is 0 Å². The molecule has 108 valence electrons. The molecule has 2 rings (SSSR count). The van der Waals surface area contributed by atoms with Gasteiger partial charge in [0.05, 0.1) is 18.8 Å². The van der Waals surface area contributed by atoms with Crippen LogP contribution in [0.2, 0.25) is 0 Å². The van der Waals surface area contributed by atoms with Crippen LogP contribution in [-0.4, -0.2) is 47.7 Å². The van der Waals surface area contributed by atoms with Crippen molar-refractivity contribution in [2.45, 2.75) is 6.04 Å². The Kier molecular flexibility index (Phi) is 5.88. The largest absolute Gasteiger partial charge is 0.480 e. The van der Waals surface area contributed by atoms with Crippen LogP contribution >= 0.6 is 67.8 Å². The fourth-order valence-electron chi connectivity index (χ4n) is 1.92. The highest BCUT2D eigenvalue weighted by molar-refractivity contribution is 14.1. The Balaban J connectivity index is 2.37. The number of carboxylic acids is 1. The van der Waals surface area contributed by atoms with Crippen LogP contribution in [0, 0.1) is 10.7 Å². The van der Waals surface area contributed by atoms with Crippen LogP contribution in [0.5, 0.6) is 0 Å². The molecule has 1 unspecified atom stereocenters. The predicted octanol–water partition coefficient (Wildman–Crippen LogP) is 2.43. The highest BCUT2D eigenvalue weighted by atomic mass is 127. The second-order valence-corrected chi connectivity index (χ2v) is 7.66. The predicted molar refractivity (Wildman–Crippen MR) is 97.9 cm³/mol. The maximum absolute atomic E-state index is 12.6. The molecule has 1 aromatic rings. The highest BCUT2D eigenvalue weighted by Crippen LogP contribution is 2.25. The highest BCUT2D eigenvalue weighted by Gasteiger charge is 2.34. The molecule has 1 aliphatic heterocycles. The molecule has 1 aromatic carbocycles. The lowest BCUT2D eigenvalue weighted by Crippen LogP contribution is -2.52. The summed E-state index contributed by atoms with van der Waals surface area (Å²) in [7, 11) is 0. The number of ether oxygens (including phenoxy) is 1. The second kappa shape index (κ2) is 7.05. The van der Waals surface area contributed by atoms with Gasteiger partial charge in [0.15, 0.2) is 6.04 Å². The molecule has 1 fully saturated rings. The monoisotopic (exact) mass is 613 g/mol. The van der Waals surface area contributed by atoms with E-state index in [0.717, 1.165) is 10.7 Å². The van der Waals surface area contributed by atoms with Crippen molar-refractivity contribution in [2.24, 2.45) is 0 Å². The Labute approximate surface area is 156 Å². The van der Waals surface area contributed by atoms with E-state index in [-0.39, 0.29) is 12.5 Å². The molecule has 1 N–H and O–H groups in total. The first-order chi connectivity index (χ1) is 9.41. The van der Waals surface area contributed by atoms with E-state index >= 15 is 0 Å². The molecule has 0 bridgehead atoms. The van der Waals surface area contributed by atoms with E-state index in [1.807, 2.05) is 6.07 Å². The van der Waals surface area contributed by atoms with Crippen molar-refractivity contribution in [3.05, 3.63) is 28.4 Å². The SMILES string of the molecule is O=C(O)C1COCCN1C(=O)c1cc(I)cc(I)c1I. The van der Waals surface area contributed by atoms with E-state index in [2.05, 4.69) is 67.8 Å². The third kappa shape index (κ3) is 3.55. The van der Waals surface area contributed by atoms with E-state index in [9.17, 15) is 14.7 Å². The van der Waals surface area contributed by atoms with Gasteiger partial charge in [-0.25, -0.2) is 4.79 Å². The molecule has 0 aromatic heterocycles. The molecule has 20 heavy (non-hydrogen) atoms. The summed E-state index contributed by atoms with van der Waals surface area (Å²) in [5.41, 5.74) is 0.551. The van der Waals surface area contributed by atoms with Gasteiger partial charge in [0.1, 0.15) is 0 Å². The van der Waals surface area contributed by atoms with Gasteiger partial charge in [-0.05, 0) is 79.9 Å². The van der Waals surface area contributed by atoms with E-state index < -0.39 is 12.0 Å². The summed E-state index contributed by atoms with van der Waals surface area (Å²) in [6.07, 6.45) is 0. The second-order valence-electron chi connectivity index (χ2n) is 4.18. The average molecular weight is 613 g/mol. The molecule has 0 saturated carbocycles. The minimum absolute atomic E-state index is 0.0403. The molecule has 8 heteroatoms. The first-order valence-corrected chi connectivity index (χ1v) is 8.91. The number of rotatable bonds is 2. The fraction of sp³-hybridized carbons (Fsp3) is 0.333. The van der Waals surface area contributed by atoms with E-state index in [1.165, 1.54) is 4.90 Å². The Bertz CT molecular complexity index is 564.